The van der Waals surface area contributed by atoms with Gasteiger partial charge in [-0.2, -0.15) is 0 Å². The third kappa shape index (κ3) is 3.83. The molecule has 0 spiro atoms. The summed E-state index contributed by atoms with van der Waals surface area (Å²) in [4.78, 5) is 33.2. The normalized spacial score (nSPS) is 13.5. The van der Waals surface area contributed by atoms with Gasteiger partial charge in [-0.15, -0.1) is 0 Å². The van der Waals surface area contributed by atoms with Gasteiger partial charge < -0.3 is 15.2 Å². The Balaban J connectivity index is 1.47. The van der Waals surface area contributed by atoms with Crippen molar-refractivity contribution in [2.75, 3.05) is 12.4 Å². The fourth-order valence-corrected chi connectivity index (χ4v) is 3.71. The molecule has 2 N–H and O–H groups in total. The number of pyridine rings is 1. The Bertz CT molecular complexity index is 1170. The maximum atomic E-state index is 13.3. The van der Waals surface area contributed by atoms with E-state index < -0.39 is 6.67 Å². The number of aromatic nitrogens is 2. The van der Waals surface area contributed by atoms with Crippen molar-refractivity contribution in [2.45, 2.75) is 33.0 Å². The molecular formula is C23H23FN4O2. The van der Waals surface area contributed by atoms with Crippen LogP contribution in [0.1, 0.15) is 34.4 Å². The molecule has 0 radical (unpaired) electrons. The first kappa shape index (κ1) is 19.8. The lowest BCUT2D eigenvalue weighted by molar-refractivity contribution is -0.125. The molecule has 30 heavy (non-hydrogen) atoms. The Labute approximate surface area is 173 Å². The molecule has 2 amide bonds. The Morgan fingerprint density at radius 1 is 1.33 bits per heavy atom. The van der Waals surface area contributed by atoms with E-state index in [1.165, 1.54) is 6.08 Å². The van der Waals surface area contributed by atoms with Crippen molar-refractivity contribution in [1.82, 2.24) is 14.9 Å². The Kier molecular flexibility index (Phi) is 5.35. The maximum absolute atomic E-state index is 13.3. The Hall–Kier alpha value is -3.48. The average molecular weight is 406 g/mol. The molecule has 6 nitrogen and oxygen atoms in total. The topological polar surface area (TPSA) is 78.1 Å². The minimum atomic E-state index is -0.535. The highest BCUT2D eigenvalue weighted by atomic mass is 19.1. The van der Waals surface area contributed by atoms with Gasteiger partial charge in [0.15, 0.2) is 0 Å². The van der Waals surface area contributed by atoms with Gasteiger partial charge in [0, 0.05) is 42.4 Å². The number of aromatic amines is 1. The van der Waals surface area contributed by atoms with Crippen LogP contribution in [0.4, 0.5) is 10.2 Å². The summed E-state index contributed by atoms with van der Waals surface area (Å²) < 4.78 is 13.3. The molecule has 7 heteroatoms. The van der Waals surface area contributed by atoms with Crippen molar-refractivity contribution >= 4 is 34.6 Å². The molecule has 1 aliphatic rings. The van der Waals surface area contributed by atoms with E-state index in [0.717, 1.165) is 33.3 Å². The number of fused-ring (bicyclic) bond motifs is 2. The highest BCUT2D eigenvalue weighted by molar-refractivity contribution is 5.94. The van der Waals surface area contributed by atoms with Gasteiger partial charge >= 0.3 is 0 Å². The summed E-state index contributed by atoms with van der Waals surface area (Å²) in [6.45, 7) is 1.83. The number of nitrogens with zero attached hydrogens (tertiary/aromatic N) is 2. The van der Waals surface area contributed by atoms with Crippen molar-refractivity contribution in [3.05, 3.63) is 64.5 Å². The van der Waals surface area contributed by atoms with Gasteiger partial charge in [0.2, 0.25) is 11.8 Å². The maximum Gasteiger partial charge on any atom is 0.246 e. The van der Waals surface area contributed by atoms with E-state index in [1.54, 1.807) is 30.3 Å². The molecule has 0 unspecified atom stereocenters. The van der Waals surface area contributed by atoms with Crippen molar-refractivity contribution in [2.24, 2.45) is 0 Å². The van der Waals surface area contributed by atoms with Crippen LogP contribution in [-0.4, -0.2) is 33.7 Å². The summed E-state index contributed by atoms with van der Waals surface area (Å²) in [7, 11) is 1.73. The molecule has 1 aromatic carbocycles. The Morgan fingerprint density at radius 2 is 2.17 bits per heavy atom. The lowest BCUT2D eigenvalue weighted by atomic mass is 10.0. The van der Waals surface area contributed by atoms with E-state index in [-0.39, 0.29) is 11.8 Å². The number of carbonyl (C=O) groups is 2. The number of aryl methyl sites for hydroxylation is 2. The number of H-pyrrole nitrogens is 1. The van der Waals surface area contributed by atoms with E-state index >= 15 is 0 Å². The average Bonchev–Trinajstić information content (AvgIpc) is 3.07. The predicted molar refractivity (Wildman–Crippen MR) is 115 cm³/mol. The van der Waals surface area contributed by atoms with E-state index in [1.807, 2.05) is 25.1 Å². The van der Waals surface area contributed by atoms with Gasteiger partial charge in [-0.25, -0.2) is 9.37 Å². The van der Waals surface area contributed by atoms with E-state index in [0.29, 0.717) is 30.8 Å². The number of halogens is 1. The van der Waals surface area contributed by atoms with Gasteiger partial charge in [0.25, 0.3) is 0 Å². The zero-order valence-corrected chi connectivity index (χ0v) is 17.0. The van der Waals surface area contributed by atoms with Crippen molar-refractivity contribution in [3.63, 3.8) is 0 Å². The Morgan fingerprint density at radius 3 is 2.97 bits per heavy atom. The van der Waals surface area contributed by atoms with Crippen molar-refractivity contribution in [1.29, 1.82) is 0 Å². The lowest BCUT2D eigenvalue weighted by Crippen LogP contribution is -2.24. The molecule has 0 bridgehead atoms. The molecule has 3 aromatic rings. The highest BCUT2D eigenvalue weighted by Gasteiger charge is 2.16. The highest BCUT2D eigenvalue weighted by Crippen LogP contribution is 2.26. The number of anilines is 1. The molecule has 0 atom stereocenters. The number of likely N-dealkylation sites (N-methyl/N-ethyl adjacent to an activating group) is 1. The van der Waals surface area contributed by atoms with Crippen LogP contribution in [0.25, 0.3) is 17.0 Å². The minimum Gasteiger partial charge on any atom is -0.356 e. The van der Waals surface area contributed by atoms with E-state index in [4.69, 9.17) is 0 Å². The summed E-state index contributed by atoms with van der Waals surface area (Å²) in [6, 6.07) is 7.50. The molecule has 0 saturated carbocycles. The first-order valence-corrected chi connectivity index (χ1v) is 9.83. The smallest absolute Gasteiger partial charge is 0.246 e. The zero-order valence-electron chi connectivity index (χ0n) is 17.0. The van der Waals surface area contributed by atoms with Crippen LogP contribution in [0, 0.1) is 6.92 Å². The molecule has 154 valence electrons. The standard InChI is InChI=1S/C23H23FN4O2/c1-14-18-5-3-4-17(11-24)22(18)26-19(14)13-28(2)21(30)9-6-15-10-16-7-8-20(29)27-23(16)25-12-15/h3-6,9-10,12,26H,7-8,11,13H2,1-2H3,(H,25,27,29)/b9-6+. The van der Waals surface area contributed by atoms with Gasteiger partial charge in [-0.05, 0) is 42.2 Å². The van der Waals surface area contributed by atoms with Crippen LogP contribution in [-0.2, 0) is 29.2 Å². The van der Waals surface area contributed by atoms with Crippen LogP contribution >= 0.6 is 0 Å². The van der Waals surface area contributed by atoms with E-state index in [2.05, 4.69) is 15.3 Å². The molecule has 4 rings (SSSR count). The third-order valence-electron chi connectivity index (χ3n) is 5.48. The van der Waals surface area contributed by atoms with Crippen LogP contribution in [0.5, 0.6) is 0 Å². The quantitative estimate of drug-likeness (QED) is 0.631. The number of amides is 2. The van der Waals surface area contributed by atoms with Crippen LogP contribution in [0.2, 0.25) is 0 Å². The second-order valence-corrected chi connectivity index (χ2v) is 7.55. The number of carbonyl (C=O) groups excluding carboxylic acids is 2. The van der Waals surface area contributed by atoms with Gasteiger partial charge in [-0.1, -0.05) is 18.2 Å². The first-order valence-electron chi connectivity index (χ1n) is 9.83. The molecule has 0 fully saturated rings. The number of nitrogens with one attached hydrogen (secondary N) is 2. The molecule has 3 heterocycles. The fourth-order valence-electron chi connectivity index (χ4n) is 3.71. The van der Waals surface area contributed by atoms with Gasteiger partial charge in [0.1, 0.15) is 12.5 Å². The second kappa shape index (κ2) is 8.10. The predicted octanol–water partition coefficient (Wildman–Crippen LogP) is 3.90. The number of rotatable bonds is 5. The number of hydrogen-bond donors (Lipinski definition) is 2. The molecule has 2 aromatic heterocycles. The van der Waals surface area contributed by atoms with Gasteiger partial charge in [0.05, 0.1) is 12.1 Å². The van der Waals surface area contributed by atoms with Crippen LogP contribution < -0.4 is 5.32 Å². The summed E-state index contributed by atoms with van der Waals surface area (Å²) >= 11 is 0. The molecule has 0 saturated heterocycles. The second-order valence-electron chi connectivity index (χ2n) is 7.55. The third-order valence-corrected chi connectivity index (χ3v) is 5.48. The largest absolute Gasteiger partial charge is 0.356 e. The monoisotopic (exact) mass is 406 g/mol. The fraction of sp³-hybridized carbons (Fsp3) is 0.261. The van der Waals surface area contributed by atoms with Crippen LogP contribution in [0.3, 0.4) is 0 Å². The molecule has 0 aliphatic carbocycles. The zero-order chi connectivity index (χ0) is 21.3. The number of alkyl halides is 1. The number of benzene rings is 1. The summed E-state index contributed by atoms with van der Waals surface area (Å²) in [5, 5.41) is 3.72. The van der Waals surface area contributed by atoms with Crippen molar-refractivity contribution < 1.29 is 14.0 Å². The van der Waals surface area contributed by atoms with Crippen molar-refractivity contribution in [3.8, 4) is 0 Å². The van der Waals surface area contributed by atoms with Crippen LogP contribution in [0.15, 0.2) is 36.5 Å². The van der Waals surface area contributed by atoms with E-state index in [9.17, 15) is 14.0 Å². The summed E-state index contributed by atoms with van der Waals surface area (Å²) in [5.74, 6) is 0.416. The number of hydrogen-bond acceptors (Lipinski definition) is 3. The van der Waals surface area contributed by atoms with Gasteiger partial charge in [-0.3, -0.25) is 9.59 Å². The number of para-hydroxylation sites is 1. The first-order chi connectivity index (χ1) is 14.5. The molecule has 1 aliphatic heterocycles. The lowest BCUT2D eigenvalue weighted by Gasteiger charge is -2.16. The molecular weight excluding hydrogens is 383 g/mol. The SMILES string of the molecule is Cc1c(CN(C)C(=O)/C=C/c2cnc3c(c2)CCC(=O)N3)[nH]c2c(CF)cccc12. The minimum absolute atomic E-state index is 0.0269. The summed E-state index contributed by atoms with van der Waals surface area (Å²) in [6.07, 6.45) is 5.95. The summed E-state index contributed by atoms with van der Waals surface area (Å²) in [5.41, 5.74) is 5.09.